The highest BCUT2D eigenvalue weighted by Crippen LogP contribution is 2.30. The summed E-state index contributed by atoms with van der Waals surface area (Å²) >= 11 is 0. The van der Waals surface area contributed by atoms with Gasteiger partial charge in [0.25, 0.3) is 0 Å². The largest absolute Gasteiger partial charge is 0.317 e. The van der Waals surface area contributed by atoms with Crippen molar-refractivity contribution in [2.45, 2.75) is 63.3 Å². The van der Waals surface area contributed by atoms with Crippen LogP contribution >= 0.6 is 0 Å². The SMILES string of the molecule is c1cc2c(cc1C1CCNCC1)CCN(C1CCCC1)CC2. The Balaban J connectivity index is 1.47. The van der Waals surface area contributed by atoms with Gasteiger partial charge in [0.15, 0.2) is 0 Å². The van der Waals surface area contributed by atoms with Crippen LogP contribution in [0, 0.1) is 0 Å². The first-order chi connectivity index (χ1) is 10.9. The zero-order valence-electron chi connectivity index (χ0n) is 13.8. The minimum absolute atomic E-state index is 0.792. The minimum Gasteiger partial charge on any atom is -0.317 e. The molecule has 0 aromatic heterocycles. The van der Waals surface area contributed by atoms with Crippen molar-refractivity contribution in [3.63, 3.8) is 0 Å². The maximum Gasteiger partial charge on any atom is 0.00955 e. The molecule has 0 unspecified atom stereocenters. The van der Waals surface area contributed by atoms with Gasteiger partial charge in [0.2, 0.25) is 0 Å². The molecule has 0 spiro atoms. The molecule has 0 radical (unpaired) electrons. The van der Waals surface area contributed by atoms with E-state index in [1.54, 1.807) is 16.7 Å². The highest BCUT2D eigenvalue weighted by molar-refractivity contribution is 5.35. The van der Waals surface area contributed by atoms with E-state index in [9.17, 15) is 0 Å². The van der Waals surface area contributed by atoms with Crippen LogP contribution in [0.2, 0.25) is 0 Å². The predicted molar refractivity (Wildman–Crippen MR) is 92.5 cm³/mol. The molecule has 0 bridgehead atoms. The van der Waals surface area contributed by atoms with Crippen LogP contribution in [-0.2, 0) is 12.8 Å². The monoisotopic (exact) mass is 298 g/mol. The number of hydrogen-bond acceptors (Lipinski definition) is 2. The first-order valence-electron chi connectivity index (χ1n) is 9.46. The molecule has 1 saturated carbocycles. The van der Waals surface area contributed by atoms with Gasteiger partial charge in [-0.05, 0) is 74.2 Å². The van der Waals surface area contributed by atoms with Gasteiger partial charge in [-0.2, -0.15) is 0 Å². The van der Waals surface area contributed by atoms with Gasteiger partial charge in [0, 0.05) is 19.1 Å². The molecule has 22 heavy (non-hydrogen) atoms. The summed E-state index contributed by atoms with van der Waals surface area (Å²) < 4.78 is 0. The second-order valence-corrected chi connectivity index (χ2v) is 7.53. The number of rotatable bonds is 2. The Morgan fingerprint density at radius 2 is 1.59 bits per heavy atom. The van der Waals surface area contributed by atoms with Crippen LogP contribution in [0.15, 0.2) is 18.2 Å². The van der Waals surface area contributed by atoms with E-state index in [4.69, 9.17) is 0 Å². The van der Waals surface area contributed by atoms with Crippen LogP contribution in [-0.4, -0.2) is 37.1 Å². The molecular weight excluding hydrogens is 268 g/mol. The van der Waals surface area contributed by atoms with Gasteiger partial charge in [-0.15, -0.1) is 0 Å². The van der Waals surface area contributed by atoms with Gasteiger partial charge in [0.05, 0.1) is 0 Å². The third kappa shape index (κ3) is 3.09. The van der Waals surface area contributed by atoms with E-state index in [-0.39, 0.29) is 0 Å². The highest BCUT2D eigenvalue weighted by Gasteiger charge is 2.25. The Morgan fingerprint density at radius 1 is 0.864 bits per heavy atom. The molecular formula is C20H30N2. The summed E-state index contributed by atoms with van der Waals surface area (Å²) in [6.07, 6.45) is 10.9. The quantitative estimate of drug-likeness (QED) is 0.899. The zero-order valence-corrected chi connectivity index (χ0v) is 13.8. The topological polar surface area (TPSA) is 15.3 Å². The normalized spacial score (nSPS) is 25.1. The van der Waals surface area contributed by atoms with Gasteiger partial charge in [-0.1, -0.05) is 31.0 Å². The van der Waals surface area contributed by atoms with Crippen LogP contribution < -0.4 is 5.32 Å². The summed E-state index contributed by atoms with van der Waals surface area (Å²) in [6, 6.07) is 8.33. The van der Waals surface area contributed by atoms with Crippen LogP contribution in [0.1, 0.15) is 61.1 Å². The minimum atomic E-state index is 0.792. The number of benzene rings is 1. The number of nitrogens with zero attached hydrogens (tertiary/aromatic N) is 1. The van der Waals surface area contributed by atoms with Gasteiger partial charge in [-0.3, -0.25) is 4.90 Å². The van der Waals surface area contributed by atoms with E-state index in [1.807, 2.05) is 0 Å². The molecule has 120 valence electrons. The van der Waals surface area contributed by atoms with Gasteiger partial charge < -0.3 is 5.32 Å². The number of nitrogens with one attached hydrogen (secondary N) is 1. The molecule has 1 aromatic rings. The second kappa shape index (κ2) is 6.72. The van der Waals surface area contributed by atoms with Crippen molar-refractivity contribution in [1.29, 1.82) is 0 Å². The zero-order chi connectivity index (χ0) is 14.8. The van der Waals surface area contributed by atoms with Crippen LogP contribution in [0.3, 0.4) is 0 Å². The number of piperidine rings is 1. The Bertz CT molecular complexity index is 498. The average molecular weight is 298 g/mol. The Hall–Kier alpha value is -0.860. The third-order valence-electron chi connectivity index (χ3n) is 6.22. The Morgan fingerprint density at radius 3 is 2.36 bits per heavy atom. The fourth-order valence-corrected chi connectivity index (χ4v) is 4.81. The fraction of sp³-hybridized carbons (Fsp3) is 0.700. The fourth-order valence-electron chi connectivity index (χ4n) is 4.81. The molecule has 2 nitrogen and oxygen atoms in total. The maximum absolute atomic E-state index is 3.49. The molecule has 1 saturated heterocycles. The number of hydrogen-bond donors (Lipinski definition) is 1. The first-order valence-corrected chi connectivity index (χ1v) is 9.46. The lowest BCUT2D eigenvalue weighted by Crippen LogP contribution is -2.35. The molecule has 2 heteroatoms. The van der Waals surface area contributed by atoms with Crippen molar-refractivity contribution in [2.75, 3.05) is 26.2 Å². The van der Waals surface area contributed by atoms with E-state index in [2.05, 4.69) is 28.4 Å². The van der Waals surface area contributed by atoms with Crippen molar-refractivity contribution in [2.24, 2.45) is 0 Å². The lowest BCUT2D eigenvalue weighted by atomic mass is 9.87. The third-order valence-corrected chi connectivity index (χ3v) is 6.22. The molecule has 0 atom stereocenters. The molecule has 1 N–H and O–H groups in total. The van der Waals surface area contributed by atoms with E-state index in [0.717, 1.165) is 12.0 Å². The van der Waals surface area contributed by atoms with Crippen molar-refractivity contribution in [1.82, 2.24) is 10.2 Å². The molecule has 1 aromatic carbocycles. The number of fused-ring (bicyclic) bond motifs is 1. The summed E-state index contributed by atoms with van der Waals surface area (Å²) in [4.78, 5) is 2.79. The van der Waals surface area contributed by atoms with Gasteiger partial charge >= 0.3 is 0 Å². The van der Waals surface area contributed by atoms with Crippen molar-refractivity contribution >= 4 is 0 Å². The standard InChI is InChI=1S/C20H30N2/c1-2-4-20(3-1)22-13-9-16-5-6-18(15-19(16)10-14-22)17-7-11-21-12-8-17/h5-6,15,17,20-21H,1-4,7-14H2. The van der Waals surface area contributed by atoms with E-state index in [0.29, 0.717) is 0 Å². The second-order valence-electron chi connectivity index (χ2n) is 7.53. The van der Waals surface area contributed by atoms with Crippen LogP contribution in [0.5, 0.6) is 0 Å². The smallest absolute Gasteiger partial charge is 0.00955 e. The maximum atomic E-state index is 3.49. The predicted octanol–water partition coefficient (Wildman–Crippen LogP) is 3.50. The van der Waals surface area contributed by atoms with Crippen molar-refractivity contribution < 1.29 is 0 Å². The van der Waals surface area contributed by atoms with E-state index in [1.165, 1.54) is 77.5 Å². The molecule has 3 aliphatic rings. The lowest BCUT2D eigenvalue weighted by molar-refractivity contribution is 0.208. The van der Waals surface area contributed by atoms with Crippen molar-refractivity contribution in [3.05, 3.63) is 34.9 Å². The summed E-state index contributed by atoms with van der Waals surface area (Å²) in [7, 11) is 0. The van der Waals surface area contributed by atoms with Crippen molar-refractivity contribution in [3.8, 4) is 0 Å². The first kappa shape index (κ1) is 14.7. The van der Waals surface area contributed by atoms with E-state index >= 15 is 0 Å². The Labute approximate surface area is 135 Å². The molecule has 4 rings (SSSR count). The molecule has 0 amide bonds. The average Bonchev–Trinajstić information content (AvgIpc) is 3.03. The molecule has 2 fully saturated rings. The van der Waals surface area contributed by atoms with Gasteiger partial charge in [-0.25, -0.2) is 0 Å². The summed E-state index contributed by atoms with van der Waals surface area (Å²) in [5.41, 5.74) is 4.88. The molecule has 1 aliphatic carbocycles. The van der Waals surface area contributed by atoms with E-state index < -0.39 is 0 Å². The summed E-state index contributed by atoms with van der Waals surface area (Å²) in [5, 5.41) is 3.49. The highest BCUT2D eigenvalue weighted by atomic mass is 15.2. The lowest BCUT2D eigenvalue weighted by Gasteiger charge is -2.26. The van der Waals surface area contributed by atoms with Gasteiger partial charge in [0.1, 0.15) is 0 Å². The molecule has 2 aliphatic heterocycles. The summed E-state index contributed by atoms with van der Waals surface area (Å²) in [6.45, 7) is 4.95. The van der Waals surface area contributed by atoms with Crippen LogP contribution in [0.4, 0.5) is 0 Å². The summed E-state index contributed by atoms with van der Waals surface area (Å²) in [5.74, 6) is 0.792. The molecule has 2 heterocycles. The Kier molecular flexibility index (Phi) is 4.49. The van der Waals surface area contributed by atoms with Crippen LogP contribution in [0.25, 0.3) is 0 Å².